The largest absolute Gasteiger partial charge is 0.478 e. The number of aliphatic hydroxyl groups excluding tert-OH is 1. The van der Waals surface area contributed by atoms with Crippen molar-refractivity contribution in [3.63, 3.8) is 0 Å². The van der Waals surface area contributed by atoms with E-state index in [2.05, 4.69) is 0 Å². The molecule has 1 unspecified atom stereocenters. The number of rotatable bonds is 3. The first-order chi connectivity index (χ1) is 5.90. The predicted octanol–water partition coefficient (Wildman–Crippen LogP) is 0.489. The van der Waals surface area contributed by atoms with Crippen molar-refractivity contribution >= 4 is 11.9 Å². The summed E-state index contributed by atoms with van der Waals surface area (Å²) in [6, 6.07) is 0. The topological polar surface area (TPSA) is 94.8 Å². The van der Waals surface area contributed by atoms with Crippen LogP contribution < -0.4 is 0 Å². The molecule has 0 radical (unpaired) electrons. The van der Waals surface area contributed by atoms with Crippen LogP contribution in [0, 0.1) is 0 Å². The van der Waals surface area contributed by atoms with E-state index in [0.29, 0.717) is 12.2 Å². The summed E-state index contributed by atoms with van der Waals surface area (Å²) in [5.41, 5.74) is 0. The highest BCUT2D eigenvalue weighted by Gasteiger charge is 1.88. The number of carbonyl (C=O) groups is 2. The van der Waals surface area contributed by atoms with E-state index in [9.17, 15) is 9.59 Å². The van der Waals surface area contributed by atoms with Crippen LogP contribution in [-0.4, -0.2) is 33.4 Å². The van der Waals surface area contributed by atoms with Crippen molar-refractivity contribution in [2.24, 2.45) is 0 Å². The minimum atomic E-state index is -1.26. The normalized spacial score (nSPS) is 11.6. The SMILES string of the molecule is CCC(C)O.O=C(O)/C=C\C(=O)O. The molecular weight excluding hydrogens is 176 g/mol. The Balaban J connectivity index is 0. The van der Waals surface area contributed by atoms with Crippen LogP contribution in [0.5, 0.6) is 0 Å². The van der Waals surface area contributed by atoms with Gasteiger partial charge < -0.3 is 15.3 Å². The van der Waals surface area contributed by atoms with E-state index in [0.717, 1.165) is 6.42 Å². The summed E-state index contributed by atoms with van der Waals surface area (Å²) in [5, 5.41) is 24.0. The van der Waals surface area contributed by atoms with Gasteiger partial charge in [-0.15, -0.1) is 0 Å². The van der Waals surface area contributed by atoms with E-state index in [1.54, 1.807) is 6.92 Å². The molecule has 0 rings (SSSR count). The minimum absolute atomic E-state index is 0.116. The van der Waals surface area contributed by atoms with Gasteiger partial charge in [-0.1, -0.05) is 6.92 Å². The van der Waals surface area contributed by atoms with Crippen LogP contribution in [0.15, 0.2) is 12.2 Å². The molecular formula is C8H14O5. The maximum atomic E-state index is 9.55. The zero-order chi connectivity index (χ0) is 10.9. The molecule has 0 saturated carbocycles. The Bertz CT molecular complexity index is 167. The molecule has 5 nitrogen and oxygen atoms in total. The molecule has 0 aromatic carbocycles. The molecule has 0 heterocycles. The van der Waals surface area contributed by atoms with Gasteiger partial charge in [0.15, 0.2) is 0 Å². The monoisotopic (exact) mass is 190 g/mol. The zero-order valence-electron chi connectivity index (χ0n) is 7.60. The lowest BCUT2D eigenvalue weighted by atomic mass is 10.3. The number of hydrogen-bond acceptors (Lipinski definition) is 3. The average Bonchev–Trinajstić information content (AvgIpc) is 2.02. The molecule has 3 N–H and O–H groups in total. The van der Waals surface area contributed by atoms with Crippen LogP contribution >= 0.6 is 0 Å². The first-order valence-electron chi connectivity index (χ1n) is 3.72. The molecule has 0 fully saturated rings. The lowest BCUT2D eigenvalue weighted by molar-refractivity contribution is -0.134. The van der Waals surface area contributed by atoms with E-state index < -0.39 is 11.9 Å². The van der Waals surface area contributed by atoms with Crippen LogP contribution in [0.4, 0.5) is 0 Å². The Morgan fingerprint density at radius 1 is 1.23 bits per heavy atom. The van der Waals surface area contributed by atoms with Gasteiger partial charge in [-0.25, -0.2) is 9.59 Å². The van der Waals surface area contributed by atoms with Gasteiger partial charge in [0, 0.05) is 12.2 Å². The second kappa shape index (κ2) is 8.73. The van der Waals surface area contributed by atoms with Crippen molar-refractivity contribution in [1.29, 1.82) is 0 Å². The van der Waals surface area contributed by atoms with Crippen LogP contribution in [0.1, 0.15) is 20.3 Å². The fourth-order valence-electron chi connectivity index (χ4n) is 0.143. The lowest BCUT2D eigenvalue weighted by Gasteiger charge is -1.90. The summed E-state index contributed by atoms with van der Waals surface area (Å²) in [7, 11) is 0. The number of aliphatic carboxylic acids is 2. The van der Waals surface area contributed by atoms with Crippen molar-refractivity contribution in [3.8, 4) is 0 Å². The average molecular weight is 190 g/mol. The van der Waals surface area contributed by atoms with Crippen molar-refractivity contribution in [1.82, 2.24) is 0 Å². The third-order valence-electron chi connectivity index (χ3n) is 0.959. The van der Waals surface area contributed by atoms with Gasteiger partial charge in [0.05, 0.1) is 6.10 Å². The molecule has 0 saturated heterocycles. The molecule has 0 amide bonds. The molecule has 76 valence electrons. The van der Waals surface area contributed by atoms with Crippen molar-refractivity contribution in [3.05, 3.63) is 12.2 Å². The molecule has 0 aromatic heterocycles. The van der Waals surface area contributed by atoms with E-state index in [4.69, 9.17) is 15.3 Å². The second-order valence-electron chi connectivity index (χ2n) is 2.27. The zero-order valence-corrected chi connectivity index (χ0v) is 7.60. The van der Waals surface area contributed by atoms with Crippen LogP contribution in [0.2, 0.25) is 0 Å². The van der Waals surface area contributed by atoms with Crippen LogP contribution in [0.25, 0.3) is 0 Å². The summed E-state index contributed by atoms with van der Waals surface area (Å²) < 4.78 is 0. The third kappa shape index (κ3) is 25.0. The van der Waals surface area contributed by atoms with Gasteiger partial charge in [0.1, 0.15) is 0 Å². The van der Waals surface area contributed by atoms with Gasteiger partial charge >= 0.3 is 11.9 Å². The Hall–Kier alpha value is -1.36. The van der Waals surface area contributed by atoms with Crippen molar-refractivity contribution in [2.75, 3.05) is 0 Å². The molecule has 0 aliphatic rings. The van der Waals surface area contributed by atoms with Gasteiger partial charge in [0.2, 0.25) is 0 Å². The molecule has 0 aromatic rings. The van der Waals surface area contributed by atoms with Crippen LogP contribution in [-0.2, 0) is 9.59 Å². The number of carboxylic acids is 2. The molecule has 0 aliphatic carbocycles. The molecule has 0 bridgehead atoms. The van der Waals surface area contributed by atoms with E-state index >= 15 is 0 Å². The van der Waals surface area contributed by atoms with Crippen molar-refractivity contribution in [2.45, 2.75) is 26.4 Å². The van der Waals surface area contributed by atoms with Gasteiger partial charge in [-0.05, 0) is 13.3 Å². The Morgan fingerprint density at radius 2 is 1.46 bits per heavy atom. The summed E-state index contributed by atoms with van der Waals surface area (Å²) >= 11 is 0. The third-order valence-corrected chi connectivity index (χ3v) is 0.959. The molecule has 1 atom stereocenters. The van der Waals surface area contributed by atoms with Gasteiger partial charge in [0.25, 0.3) is 0 Å². The fraction of sp³-hybridized carbons (Fsp3) is 0.500. The Morgan fingerprint density at radius 3 is 1.54 bits per heavy atom. The highest BCUT2D eigenvalue weighted by molar-refractivity contribution is 5.89. The smallest absolute Gasteiger partial charge is 0.328 e. The molecule has 13 heavy (non-hydrogen) atoms. The van der Waals surface area contributed by atoms with Crippen LogP contribution in [0.3, 0.4) is 0 Å². The Labute approximate surface area is 76.3 Å². The number of aliphatic hydroxyl groups is 1. The maximum Gasteiger partial charge on any atom is 0.328 e. The lowest BCUT2D eigenvalue weighted by Crippen LogP contribution is -1.93. The van der Waals surface area contributed by atoms with Gasteiger partial charge in [-0.3, -0.25) is 0 Å². The number of carboxylic acid groups (broad SMARTS) is 2. The first kappa shape index (κ1) is 14.2. The summed E-state index contributed by atoms with van der Waals surface area (Å²) in [4.78, 5) is 19.1. The standard InChI is InChI=1S/C4H4O4.C4H10O/c5-3(6)1-2-4(7)8;1-3-4(2)5/h1-2H,(H,5,6)(H,7,8);4-5H,3H2,1-2H3/b2-1-;. The van der Waals surface area contributed by atoms with E-state index in [-0.39, 0.29) is 6.10 Å². The fourth-order valence-corrected chi connectivity index (χ4v) is 0.143. The quantitative estimate of drug-likeness (QED) is 0.563. The minimum Gasteiger partial charge on any atom is -0.478 e. The number of hydrogen-bond donors (Lipinski definition) is 3. The second-order valence-corrected chi connectivity index (χ2v) is 2.27. The van der Waals surface area contributed by atoms with Crippen molar-refractivity contribution < 1.29 is 24.9 Å². The summed E-state index contributed by atoms with van der Waals surface area (Å²) in [6.45, 7) is 3.73. The molecule has 5 heteroatoms. The highest BCUT2D eigenvalue weighted by Crippen LogP contribution is 1.81. The Kier molecular flexibility index (Phi) is 9.53. The van der Waals surface area contributed by atoms with E-state index in [1.165, 1.54) is 0 Å². The predicted molar refractivity (Wildman–Crippen MR) is 46.4 cm³/mol. The summed E-state index contributed by atoms with van der Waals surface area (Å²) in [6.07, 6.45) is 1.86. The summed E-state index contributed by atoms with van der Waals surface area (Å²) in [5.74, 6) is -2.51. The first-order valence-corrected chi connectivity index (χ1v) is 3.72. The molecule has 0 spiro atoms. The van der Waals surface area contributed by atoms with Gasteiger partial charge in [-0.2, -0.15) is 0 Å². The molecule has 0 aliphatic heterocycles. The van der Waals surface area contributed by atoms with E-state index in [1.807, 2.05) is 6.92 Å². The maximum absolute atomic E-state index is 9.55. The highest BCUT2D eigenvalue weighted by atomic mass is 16.4.